The third kappa shape index (κ3) is 4.71. The highest BCUT2D eigenvalue weighted by atomic mass is 35.5. The lowest BCUT2D eigenvalue weighted by atomic mass is 9.91. The first-order chi connectivity index (χ1) is 12.2. The van der Waals surface area contributed by atoms with Crippen LogP contribution in [0, 0.1) is 0 Å². The molecule has 0 saturated heterocycles. The van der Waals surface area contributed by atoms with Gasteiger partial charge < -0.3 is 5.32 Å². The van der Waals surface area contributed by atoms with Crippen molar-refractivity contribution in [2.24, 2.45) is 0 Å². The minimum atomic E-state index is -0.0232. The van der Waals surface area contributed by atoms with Gasteiger partial charge in [-0.1, -0.05) is 90.5 Å². The minimum absolute atomic E-state index is 0.0232. The molecule has 3 aromatic carbocycles. The second-order valence-corrected chi connectivity index (χ2v) is 6.35. The molecule has 0 fully saturated rings. The molecule has 25 heavy (non-hydrogen) atoms. The standard InChI is InChI=1S/C22H20ClNO/c23-21-14-8-7-13-19(21)15-22(25)24-16-20(17-9-3-1-4-10-17)18-11-5-2-6-12-18/h1-14,20H,15-16H2,(H,24,25). The Kier molecular flexibility index (Phi) is 5.86. The molecule has 0 aliphatic heterocycles. The molecule has 3 rings (SSSR count). The number of carbonyl (C=O) groups excluding carboxylic acids is 1. The fraction of sp³-hybridized carbons (Fsp3) is 0.136. The van der Waals surface area contributed by atoms with Gasteiger partial charge >= 0.3 is 0 Å². The van der Waals surface area contributed by atoms with Crippen LogP contribution in [0.3, 0.4) is 0 Å². The lowest BCUT2D eigenvalue weighted by Crippen LogP contribution is -2.30. The SMILES string of the molecule is O=C(Cc1ccccc1Cl)NCC(c1ccccc1)c1ccccc1. The van der Waals surface area contributed by atoms with E-state index in [-0.39, 0.29) is 18.2 Å². The molecule has 0 unspecified atom stereocenters. The lowest BCUT2D eigenvalue weighted by Gasteiger charge is -2.19. The normalized spacial score (nSPS) is 10.6. The van der Waals surface area contributed by atoms with E-state index in [1.807, 2.05) is 54.6 Å². The third-order valence-corrected chi connectivity index (χ3v) is 4.58. The average Bonchev–Trinajstić information content (AvgIpc) is 2.66. The van der Waals surface area contributed by atoms with Crippen LogP contribution in [0.5, 0.6) is 0 Å². The molecular formula is C22H20ClNO. The van der Waals surface area contributed by atoms with Gasteiger partial charge in [-0.15, -0.1) is 0 Å². The summed E-state index contributed by atoms with van der Waals surface area (Å²) in [6.45, 7) is 0.553. The summed E-state index contributed by atoms with van der Waals surface area (Å²) in [6.07, 6.45) is 0.288. The number of amides is 1. The summed E-state index contributed by atoms with van der Waals surface area (Å²) >= 11 is 6.14. The van der Waals surface area contributed by atoms with E-state index in [1.54, 1.807) is 6.07 Å². The van der Waals surface area contributed by atoms with Gasteiger partial charge in [-0.25, -0.2) is 0 Å². The van der Waals surface area contributed by atoms with Crippen molar-refractivity contribution in [2.75, 3.05) is 6.54 Å². The van der Waals surface area contributed by atoms with Gasteiger partial charge in [0.2, 0.25) is 5.91 Å². The van der Waals surface area contributed by atoms with E-state index in [2.05, 4.69) is 29.6 Å². The number of rotatable bonds is 6. The zero-order valence-electron chi connectivity index (χ0n) is 13.9. The Morgan fingerprint density at radius 2 is 1.32 bits per heavy atom. The molecule has 1 amide bonds. The Labute approximate surface area is 153 Å². The molecule has 2 nitrogen and oxygen atoms in total. The highest BCUT2D eigenvalue weighted by Gasteiger charge is 2.15. The van der Waals surface area contributed by atoms with E-state index in [0.717, 1.165) is 5.56 Å². The zero-order chi connectivity index (χ0) is 17.5. The van der Waals surface area contributed by atoms with Gasteiger partial charge in [0.05, 0.1) is 6.42 Å². The maximum Gasteiger partial charge on any atom is 0.224 e. The zero-order valence-corrected chi connectivity index (χ0v) is 14.6. The van der Waals surface area contributed by atoms with E-state index in [0.29, 0.717) is 11.6 Å². The van der Waals surface area contributed by atoms with Crippen molar-refractivity contribution < 1.29 is 4.79 Å². The Balaban J connectivity index is 1.71. The van der Waals surface area contributed by atoms with E-state index in [1.165, 1.54) is 11.1 Å². The van der Waals surface area contributed by atoms with Crippen molar-refractivity contribution >= 4 is 17.5 Å². The second kappa shape index (κ2) is 8.50. The van der Waals surface area contributed by atoms with Crippen LogP contribution < -0.4 is 5.32 Å². The Morgan fingerprint density at radius 3 is 1.88 bits per heavy atom. The van der Waals surface area contributed by atoms with Gasteiger partial charge in [0.15, 0.2) is 0 Å². The summed E-state index contributed by atoms with van der Waals surface area (Å²) in [5, 5.41) is 3.68. The fourth-order valence-electron chi connectivity index (χ4n) is 2.89. The Morgan fingerprint density at radius 1 is 0.800 bits per heavy atom. The molecule has 0 heterocycles. The van der Waals surface area contributed by atoms with Crippen LogP contribution in [0.2, 0.25) is 5.02 Å². The van der Waals surface area contributed by atoms with Crippen LogP contribution in [-0.2, 0) is 11.2 Å². The molecular weight excluding hydrogens is 330 g/mol. The van der Waals surface area contributed by atoms with Gasteiger partial charge in [0, 0.05) is 17.5 Å². The lowest BCUT2D eigenvalue weighted by molar-refractivity contribution is -0.120. The predicted octanol–water partition coefficient (Wildman–Crippen LogP) is 4.83. The summed E-state index contributed by atoms with van der Waals surface area (Å²) < 4.78 is 0. The number of halogens is 1. The van der Waals surface area contributed by atoms with Crippen LogP contribution in [0.15, 0.2) is 84.9 Å². The summed E-state index contributed by atoms with van der Waals surface area (Å²) in [5.41, 5.74) is 3.22. The summed E-state index contributed by atoms with van der Waals surface area (Å²) in [6, 6.07) is 27.9. The maximum absolute atomic E-state index is 12.4. The Bertz CT molecular complexity index is 778. The number of benzene rings is 3. The van der Waals surface area contributed by atoms with Gasteiger partial charge in [0.1, 0.15) is 0 Å². The molecule has 0 spiro atoms. The number of hydrogen-bond donors (Lipinski definition) is 1. The van der Waals surface area contributed by atoms with Crippen molar-refractivity contribution in [3.05, 3.63) is 107 Å². The van der Waals surface area contributed by atoms with Crippen molar-refractivity contribution in [3.63, 3.8) is 0 Å². The van der Waals surface area contributed by atoms with E-state index in [4.69, 9.17) is 11.6 Å². The van der Waals surface area contributed by atoms with Crippen molar-refractivity contribution in [1.82, 2.24) is 5.32 Å². The first kappa shape index (κ1) is 17.2. The topological polar surface area (TPSA) is 29.1 Å². The van der Waals surface area contributed by atoms with Gasteiger partial charge in [-0.05, 0) is 22.8 Å². The molecule has 0 bridgehead atoms. The average molecular weight is 350 g/mol. The van der Waals surface area contributed by atoms with Gasteiger partial charge in [0.25, 0.3) is 0 Å². The molecule has 0 radical (unpaired) electrons. The summed E-state index contributed by atoms with van der Waals surface area (Å²) in [4.78, 5) is 12.4. The van der Waals surface area contributed by atoms with Gasteiger partial charge in [-0.3, -0.25) is 4.79 Å². The van der Waals surface area contributed by atoms with E-state index in [9.17, 15) is 4.79 Å². The first-order valence-corrected chi connectivity index (χ1v) is 8.72. The second-order valence-electron chi connectivity index (χ2n) is 5.95. The van der Waals surface area contributed by atoms with Crippen LogP contribution >= 0.6 is 11.6 Å². The maximum atomic E-state index is 12.4. The molecule has 0 atom stereocenters. The number of nitrogens with one attached hydrogen (secondary N) is 1. The van der Waals surface area contributed by atoms with E-state index < -0.39 is 0 Å². The molecule has 3 aromatic rings. The highest BCUT2D eigenvalue weighted by Crippen LogP contribution is 2.23. The van der Waals surface area contributed by atoms with Crippen molar-refractivity contribution in [2.45, 2.75) is 12.3 Å². The number of carbonyl (C=O) groups is 1. The number of hydrogen-bond acceptors (Lipinski definition) is 1. The monoisotopic (exact) mass is 349 g/mol. The molecule has 126 valence electrons. The quantitative estimate of drug-likeness (QED) is 0.678. The molecule has 0 aromatic heterocycles. The third-order valence-electron chi connectivity index (χ3n) is 4.22. The van der Waals surface area contributed by atoms with Crippen molar-refractivity contribution in [3.8, 4) is 0 Å². The summed E-state index contributed by atoms with van der Waals surface area (Å²) in [7, 11) is 0. The molecule has 1 N–H and O–H groups in total. The van der Waals surface area contributed by atoms with Crippen LogP contribution in [0.1, 0.15) is 22.6 Å². The van der Waals surface area contributed by atoms with Crippen LogP contribution in [0.25, 0.3) is 0 Å². The molecule has 0 aliphatic carbocycles. The Hall–Kier alpha value is -2.58. The largest absolute Gasteiger partial charge is 0.355 e. The molecule has 0 aliphatic rings. The molecule has 3 heteroatoms. The van der Waals surface area contributed by atoms with Crippen molar-refractivity contribution in [1.29, 1.82) is 0 Å². The van der Waals surface area contributed by atoms with E-state index >= 15 is 0 Å². The smallest absolute Gasteiger partial charge is 0.224 e. The minimum Gasteiger partial charge on any atom is -0.355 e. The van der Waals surface area contributed by atoms with Gasteiger partial charge in [-0.2, -0.15) is 0 Å². The highest BCUT2D eigenvalue weighted by molar-refractivity contribution is 6.31. The van der Waals surface area contributed by atoms with Crippen LogP contribution in [-0.4, -0.2) is 12.5 Å². The van der Waals surface area contributed by atoms with Crippen LogP contribution in [0.4, 0.5) is 0 Å². The molecule has 0 saturated carbocycles. The first-order valence-electron chi connectivity index (χ1n) is 8.34. The summed E-state index contributed by atoms with van der Waals surface area (Å²) in [5.74, 6) is 0.0996. The fourth-order valence-corrected chi connectivity index (χ4v) is 3.09. The predicted molar refractivity (Wildman–Crippen MR) is 103 cm³/mol.